The third-order valence-corrected chi connectivity index (χ3v) is 9.77. The average molecular weight is 717 g/mol. The molecule has 1 heterocycles. The fourth-order valence-corrected chi connectivity index (χ4v) is 6.36. The summed E-state index contributed by atoms with van der Waals surface area (Å²) in [5.74, 6) is 0.198. The van der Waals surface area contributed by atoms with E-state index in [-0.39, 0.29) is 31.6 Å². The number of carbonyl (C=O) groups is 2. The van der Waals surface area contributed by atoms with E-state index in [1.165, 1.54) is 116 Å². The van der Waals surface area contributed by atoms with Gasteiger partial charge in [-0.3, -0.25) is 9.59 Å². The molecule has 2 unspecified atom stereocenters. The highest BCUT2D eigenvalue weighted by molar-refractivity contribution is 5.70. The van der Waals surface area contributed by atoms with Gasteiger partial charge < -0.3 is 19.3 Å². The molecule has 3 atom stereocenters. The van der Waals surface area contributed by atoms with E-state index >= 15 is 0 Å². The van der Waals surface area contributed by atoms with Crippen molar-refractivity contribution in [2.24, 2.45) is 5.92 Å². The molecule has 0 spiro atoms. The molecule has 1 aliphatic rings. The summed E-state index contributed by atoms with van der Waals surface area (Å²) in [4.78, 5) is 24.3. The first kappa shape index (κ1) is 47.1. The fourth-order valence-electron chi connectivity index (χ4n) is 6.36. The molecule has 1 rings (SSSR count). The van der Waals surface area contributed by atoms with E-state index in [1.807, 2.05) is 0 Å². The number of aliphatic hydroxyl groups excluding tert-OH is 1. The highest BCUT2D eigenvalue weighted by Gasteiger charge is 2.35. The molecule has 1 fully saturated rings. The van der Waals surface area contributed by atoms with Crippen LogP contribution in [0.5, 0.6) is 0 Å². The van der Waals surface area contributed by atoms with Crippen LogP contribution < -0.4 is 0 Å². The predicted molar refractivity (Wildman–Crippen MR) is 214 cm³/mol. The van der Waals surface area contributed by atoms with Crippen LogP contribution in [0.15, 0.2) is 36.5 Å². The van der Waals surface area contributed by atoms with Crippen LogP contribution in [-0.2, 0) is 23.8 Å². The number of ether oxygens (including phenoxy) is 3. The maximum Gasteiger partial charge on any atom is 0.306 e. The minimum atomic E-state index is -0.802. The zero-order chi connectivity index (χ0) is 37.0. The maximum absolute atomic E-state index is 12.2. The Morgan fingerprint density at radius 3 is 1.67 bits per heavy atom. The van der Waals surface area contributed by atoms with Crippen LogP contribution in [0.25, 0.3) is 0 Å². The topological polar surface area (TPSA) is 85.4 Å². The van der Waals surface area contributed by atoms with Gasteiger partial charge in [0.15, 0.2) is 6.10 Å². The number of unbranched alkanes of at least 4 members (excludes halogenated alkanes) is 19. The Bertz CT molecular complexity index is 893. The van der Waals surface area contributed by atoms with Gasteiger partial charge in [0.25, 0.3) is 0 Å². The van der Waals surface area contributed by atoms with Crippen molar-refractivity contribution in [3.63, 3.8) is 0 Å². The SMILES string of the molecule is CCCCC/C=C\CC1OC1C/C=C\C/C=C\CCCC(=O)O[C@@H](CO)COC(=O)CCCCCCCCCCCCCCCCCCC(C)C. The lowest BCUT2D eigenvalue weighted by atomic mass is 10.0. The molecule has 0 aromatic rings. The lowest BCUT2D eigenvalue weighted by Gasteiger charge is -2.15. The standard InChI is InChI=1S/C45H80O6/c1-4-5-6-7-24-29-34-42-43(51-42)35-30-25-20-18-22-27-32-37-45(48)50-41(38-46)39-49-44(47)36-31-26-21-17-15-13-11-9-8-10-12-14-16-19-23-28-33-40(2)3/h18,22,24-25,29-30,40-43,46H,4-17,19-21,23,26-28,31-39H2,1-3H3/b22-18-,29-24-,30-25-/t41-,42?,43?/m0/s1. The van der Waals surface area contributed by atoms with Crippen LogP contribution in [0.1, 0.15) is 201 Å². The Kier molecular flexibility index (Phi) is 32.4. The van der Waals surface area contributed by atoms with Crippen molar-refractivity contribution in [3.05, 3.63) is 36.5 Å². The lowest BCUT2D eigenvalue weighted by molar-refractivity contribution is -0.161. The summed E-state index contributed by atoms with van der Waals surface area (Å²) in [6, 6.07) is 0. The van der Waals surface area contributed by atoms with Gasteiger partial charge in [0, 0.05) is 12.8 Å². The summed E-state index contributed by atoms with van der Waals surface area (Å²) in [7, 11) is 0. The minimum Gasteiger partial charge on any atom is -0.462 e. The van der Waals surface area contributed by atoms with Gasteiger partial charge in [0.05, 0.1) is 18.8 Å². The van der Waals surface area contributed by atoms with Crippen molar-refractivity contribution in [3.8, 4) is 0 Å². The second-order valence-corrected chi connectivity index (χ2v) is 15.3. The summed E-state index contributed by atoms with van der Waals surface area (Å²) in [6.45, 7) is 6.43. The van der Waals surface area contributed by atoms with Crippen molar-refractivity contribution < 1.29 is 28.9 Å². The Hall–Kier alpha value is -1.92. The molecule has 296 valence electrons. The second kappa shape index (κ2) is 35.1. The normalized spacial score (nSPS) is 16.6. The third kappa shape index (κ3) is 32.5. The molecule has 0 amide bonds. The molecule has 0 aromatic heterocycles. The molecule has 6 heteroatoms. The maximum atomic E-state index is 12.2. The molecule has 1 saturated heterocycles. The van der Waals surface area contributed by atoms with Gasteiger partial charge in [-0.2, -0.15) is 0 Å². The van der Waals surface area contributed by atoms with Crippen LogP contribution in [0.2, 0.25) is 0 Å². The predicted octanol–water partition coefficient (Wildman–Crippen LogP) is 12.5. The number of allylic oxidation sites excluding steroid dienone is 4. The van der Waals surface area contributed by atoms with E-state index in [0.717, 1.165) is 50.9 Å². The fraction of sp³-hybridized carbons (Fsp3) is 0.822. The van der Waals surface area contributed by atoms with Gasteiger partial charge in [-0.25, -0.2) is 0 Å². The second-order valence-electron chi connectivity index (χ2n) is 15.3. The smallest absolute Gasteiger partial charge is 0.306 e. The first-order chi connectivity index (χ1) is 25.0. The molecule has 0 aliphatic carbocycles. The minimum absolute atomic E-state index is 0.0891. The van der Waals surface area contributed by atoms with Crippen molar-refractivity contribution in [1.82, 2.24) is 0 Å². The molecule has 1 aliphatic heterocycles. The number of rotatable bonds is 37. The molecular formula is C45H80O6. The van der Waals surface area contributed by atoms with Crippen molar-refractivity contribution in [1.29, 1.82) is 0 Å². The van der Waals surface area contributed by atoms with Crippen molar-refractivity contribution in [2.45, 2.75) is 219 Å². The van der Waals surface area contributed by atoms with Crippen LogP contribution in [0.4, 0.5) is 0 Å². The summed E-state index contributed by atoms with van der Waals surface area (Å²) >= 11 is 0. The molecule has 1 N–H and O–H groups in total. The zero-order valence-corrected chi connectivity index (χ0v) is 33.5. The molecule has 0 radical (unpaired) electrons. The quantitative estimate of drug-likeness (QED) is 0.0298. The number of carbonyl (C=O) groups excluding carboxylic acids is 2. The Morgan fingerprint density at radius 2 is 1.10 bits per heavy atom. The monoisotopic (exact) mass is 717 g/mol. The number of aliphatic hydroxyl groups is 1. The molecule has 51 heavy (non-hydrogen) atoms. The largest absolute Gasteiger partial charge is 0.462 e. The van der Waals surface area contributed by atoms with E-state index in [0.29, 0.717) is 25.0 Å². The van der Waals surface area contributed by atoms with Gasteiger partial charge in [-0.15, -0.1) is 0 Å². The number of epoxide rings is 1. The highest BCUT2D eigenvalue weighted by Crippen LogP contribution is 2.29. The lowest BCUT2D eigenvalue weighted by Crippen LogP contribution is -2.28. The number of esters is 2. The average Bonchev–Trinajstić information content (AvgIpc) is 3.87. The molecule has 0 bridgehead atoms. The Labute approximate surface area is 314 Å². The third-order valence-electron chi connectivity index (χ3n) is 9.77. The van der Waals surface area contributed by atoms with Gasteiger partial charge in [0.1, 0.15) is 6.61 Å². The van der Waals surface area contributed by atoms with Crippen LogP contribution in [0.3, 0.4) is 0 Å². The van der Waals surface area contributed by atoms with E-state index in [9.17, 15) is 14.7 Å². The van der Waals surface area contributed by atoms with Gasteiger partial charge in [0.2, 0.25) is 0 Å². The van der Waals surface area contributed by atoms with Crippen LogP contribution in [-0.4, -0.2) is 48.6 Å². The van der Waals surface area contributed by atoms with E-state index in [2.05, 4.69) is 57.2 Å². The summed E-state index contributed by atoms with van der Waals surface area (Å²) in [5.41, 5.74) is 0. The summed E-state index contributed by atoms with van der Waals surface area (Å²) in [6.07, 6.45) is 45.3. The van der Waals surface area contributed by atoms with Crippen LogP contribution >= 0.6 is 0 Å². The van der Waals surface area contributed by atoms with Crippen LogP contribution in [0, 0.1) is 5.92 Å². The molecule has 6 nitrogen and oxygen atoms in total. The highest BCUT2D eigenvalue weighted by atomic mass is 16.6. The van der Waals surface area contributed by atoms with E-state index in [4.69, 9.17) is 14.2 Å². The van der Waals surface area contributed by atoms with Gasteiger partial charge >= 0.3 is 11.9 Å². The Balaban J connectivity index is 1.89. The summed E-state index contributed by atoms with van der Waals surface area (Å²) < 4.78 is 16.3. The van der Waals surface area contributed by atoms with Gasteiger partial charge in [-0.1, -0.05) is 173 Å². The zero-order valence-electron chi connectivity index (χ0n) is 33.5. The number of hydrogen-bond acceptors (Lipinski definition) is 6. The van der Waals surface area contributed by atoms with Crippen molar-refractivity contribution >= 4 is 11.9 Å². The summed E-state index contributed by atoms with van der Waals surface area (Å²) in [5, 5.41) is 9.58. The van der Waals surface area contributed by atoms with Gasteiger partial charge in [-0.05, 0) is 57.3 Å². The Morgan fingerprint density at radius 1 is 0.608 bits per heavy atom. The molecule has 0 saturated carbocycles. The van der Waals surface area contributed by atoms with E-state index < -0.39 is 6.10 Å². The first-order valence-corrected chi connectivity index (χ1v) is 21.5. The number of hydrogen-bond donors (Lipinski definition) is 1. The van der Waals surface area contributed by atoms with Crippen molar-refractivity contribution in [2.75, 3.05) is 13.2 Å². The first-order valence-electron chi connectivity index (χ1n) is 21.5. The van der Waals surface area contributed by atoms with E-state index in [1.54, 1.807) is 0 Å². The molecule has 0 aromatic carbocycles. The molecular weight excluding hydrogens is 636 g/mol.